The number of urea groups is 1. The fourth-order valence-electron chi connectivity index (χ4n) is 4.72. The van der Waals surface area contributed by atoms with Gasteiger partial charge < -0.3 is 29.3 Å². The van der Waals surface area contributed by atoms with Crippen molar-refractivity contribution in [1.29, 1.82) is 0 Å². The topological polar surface area (TPSA) is 83.6 Å². The lowest BCUT2D eigenvalue weighted by atomic mass is 10.1. The van der Waals surface area contributed by atoms with Gasteiger partial charge in [-0.3, -0.25) is 9.69 Å². The van der Waals surface area contributed by atoms with Crippen LogP contribution in [-0.4, -0.2) is 92.5 Å². The number of benzene rings is 2. The Hall–Kier alpha value is -3.11. The summed E-state index contributed by atoms with van der Waals surface area (Å²) in [4.78, 5) is 32.1. The number of piperazine rings is 1. The number of nitrogens with one attached hydrogen (secondary N) is 1. The van der Waals surface area contributed by atoms with Crippen LogP contribution in [0.25, 0.3) is 0 Å². The molecule has 0 bridgehead atoms. The molecule has 2 aromatic carbocycles. The lowest BCUT2D eigenvalue weighted by molar-refractivity contribution is -0.130. The van der Waals surface area contributed by atoms with E-state index in [1.807, 2.05) is 52.3 Å². The summed E-state index contributed by atoms with van der Waals surface area (Å²) < 4.78 is 16.2. The predicted octanol–water partition coefficient (Wildman–Crippen LogP) is 3.91. The molecule has 0 aliphatic carbocycles. The van der Waals surface area contributed by atoms with Crippen molar-refractivity contribution in [2.24, 2.45) is 0 Å². The maximum atomic E-state index is 13.2. The Morgan fingerprint density at radius 3 is 2.32 bits per heavy atom. The Morgan fingerprint density at radius 1 is 0.946 bits per heavy atom. The van der Waals surface area contributed by atoms with Gasteiger partial charge in [0.05, 0.1) is 32.3 Å². The zero-order chi connectivity index (χ0) is 26.4. The fraction of sp³-hybridized carbons (Fsp3) is 0.481. The molecule has 2 atom stereocenters. The molecule has 0 spiro atoms. The first-order chi connectivity index (χ1) is 18.0. The van der Waals surface area contributed by atoms with E-state index in [1.54, 1.807) is 33.1 Å². The van der Waals surface area contributed by atoms with Crippen LogP contribution in [0.1, 0.15) is 24.3 Å². The van der Waals surface area contributed by atoms with E-state index < -0.39 is 0 Å². The summed E-state index contributed by atoms with van der Waals surface area (Å²) in [6, 6.07) is 13.1. The smallest absolute Gasteiger partial charge is 0.322 e. The second-order valence-corrected chi connectivity index (χ2v) is 10.3. The molecule has 3 amide bonds. The highest BCUT2D eigenvalue weighted by Gasteiger charge is 2.40. The molecule has 2 saturated heterocycles. The number of rotatable bonds is 9. The lowest BCUT2D eigenvalue weighted by Crippen LogP contribution is -2.51. The molecule has 10 heteroatoms. The summed E-state index contributed by atoms with van der Waals surface area (Å²) in [7, 11) is 4.83. The monoisotopic (exact) mass is 528 g/mol. The summed E-state index contributed by atoms with van der Waals surface area (Å²) in [5.74, 6) is 2.15. The molecular weight excluding hydrogens is 492 g/mol. The Labute approximate surface area is 223 Å². The second-order valence-electron chi connectivity index (χ2n) is 8.99. The quantitative estimate of drug-likeness (QED) is 0.528. The largest absolute Gasteiger partial charge is 0.495 e. The van der Waals surface area contributed by atoms with Crippen LogP contribution in [0.5, 0.6) is 17.2 Å². The van der Waals surface area contributed by atoms with E-state index in [9.17, 15) is 9.59 Å². The molecule has 4 rings (SSSR count). The molecule has 2 fully saturated rings. The molecule has 37 heavy (non-hydrogen) atoms. The zero-order valence-corrected chi connectivity index (χ0v) is 22.8. The molecule has 0 radical (unpaired) electrons. The third-order valence-electron chi connectivity index (χ3n) is 6.86. The van der Waals surface area contributed by atoms with Crippen molar-refractivity contribution in [2.45, 2.75) is 24.0 Å². The number of nitrogens with zero attached hydrogens (tertiary/aromatic N) is 3. The number of hydrogen-bond donors (Lipinski definition) is 1. The number of carbonyl (C=O) groups excluding carboxylic acids is 2. The third kappa shape index (κ3) is 6.07. The predicted molar refractivity (Wildman–Crippen MR) is 146 cm³/mol. The second kappa shape index (κ2) is 12.4. The summed E-state index contributed by atoms with van der Waals surface area (Å²) in [6.07, 6.45) is 0.795. The van der Waals surface area contributed by atoms with Crippen molar-refractivity contribution < 1.29 is 23.8 Å². The van der Waals surface area contributed by atoms with E-state index in [2.05, 4.69) is 17.1 Å². The van der Waals surface area contributed by atoms with Crippen LogP contribution in [0.15, 0.2) is 42.5 Å². The van der Waals surface area contributed by atoms with Gasteiger partial charge in [0.25, 0.3) is 0 Å². The van der Waals surface area contributed by atoms with Crippen molar-refractivity contribution in [3.8, 4) is 17.2 Å². The van der Waals surface area contributed by atoms with Crippen LogP contribution in [-0.2, 0) is 4.79 Å². The molecule has 2 aliphatic rings. The van der Waals surface area contributed by atoms with E-state index >= 15 is 0 Å². The van der Waals surface area contributed by atoms with Gasteiger partial charge in [-0.05, 0) is 36.2 Å². The van der Waals surface area contributed by atoms with Crippen LogP contribution >= 0.6 is 11.8 Å². The van der Waals surface area contributed by atoms with E-state index in [0.29, 0.717) is 42.6 Å². The van der Waals surface area contributed by atoms with Crippen molar-refractivity contribution in [3.05, 3.63) is 48.0 Å². The molecule has 2 aliphatic heterocycles. The minimum atomic E-state index is -0.130. The van der Waals surface area contributed by atoms with Crippen LogP contribution in [0.4, 0.5) is 10.5 Å². The number of anilines is 1. The highest BCUT2D eigenvalue weighted by Crippen LogP contribution is 2.45. The number of para-hydroxylation sites is 2. The Morgan fingerprint density at radius 2 is 1.65 bits per heavy atom. The minimum Gasteiger partial charge on any atom is -0.495 e. The summed E-state index contributed by atoms with van der Waals surface area (Å²) in [6.45, 7) is 6.21. The van der Waals surface area contributed by atoms with Gasteiger partial charge in [0.15, 0.2) is 11.5 Å². The van der Waals surface area contributed by atoms with Gasteiger partial charge in [-0.15, -0.1) is 11.8 Å². The first kappa shape index (κ1) is 26.9. The van der Waals surface area contributed by atoms with Crippen LogP contribution in [0, 0.1) is 0 Å². The van der Waals surface area contributed by atoms with E-state index in [4.69, 9.17) is 14.2 Å². The highest BCUT2D eigenvalue weighted by molar-refractivity contribution is 8.01. The fourth-order valence-corrected chi connectivity index (χ4v) is 6.13. The Bertz CT molecular complexity index is 1090. The maximum absolute atomic E-state index is 13.2. The zero-order valence-electron chi connectivity index (χ0n) is 21.9. The third-order valence-corrected chi connectivity index (χ3v) is 8.51. The molecule has 0 saturated carbocycles. The van der Waals surface area contributed by atoms with E-state index in [-0.39, 0.29) is 22.6 Å². The van der Waals surface area contributed by atoms with Gasteiger partial charge in [0, 0.05) is 39.3 Å². The lowest BCUT2D eigenvalue weighted by Gasteiger charge is -2.36. The molecule has 1 N–H and O–H groups in total. The van der Waals surface area contributed by atoms with E-state index in [0.717, 1.165) is 31.6 Å². The average Bonchev–Trinajstić information content (AvgIpc) is 3.26. The average molecular weight is 529 g/mol. The number of amides is 3. The molecular formula is C27H36N4O5S. The van der Waals surface area contributed by atoms with Gasteiger partial charge in [-0.2, -0.15) is 0 Å². The molecule has 9 nitrogen and oxygen atoms in total. The van der Waals surface area contributed by atoms with E-state index in [1.165, 1.54) is 0 Å². The number of methoxy groups -OCH3 is 3. The molecule has 2 unspecified atom stereocenters. The number of hydrogen-bond acceptors (Lipinski definition) is 7. The van der Waals surface area contributed by atoms with Gasteiger partial charge in [-0.25, -0.2) is 4.79 Å². The van der Waals surface area contributed by atoms with Gasteiger partial charge in [0.2, 0.25) is 5.91 Å². The highest BCUT2D eigenvalue weighted by atomic mass is 32.2. The summed E-state index contributed by atoms with van der Waals surface area (Å²) in [5.41, 5.74) is 1.69. The van der Waals surface area contributed by atoms with Gasteiger partial charge in [0.1, 0.15) is 11.1 Å². The first-order valence-corrected chi connectivity index (χ1v) is 13.5. The number of ether oxygens (including phenoxy) is 3. The Balaban J connectivity index is 1.34. The summed E-state index contributed by atoms with van der Waals surface area (Å²) in [5, 5.41) is 2.84. The first-order valence-electron chi connectivity index (χ1n) is 12.6. The number of carbonyl (C=O) groups is 2. The normalized spacial score (nSPS) is 20.2. The standard InChI is InChI=1S/C27H36N4O5S/c1-5-24-25(32)31(26(37-24)19-10-11-22(35-3)23(18-19)36-4)17-14-29-12-15-30(16-13-29)27(33)28-20-8-6-7-9-21(20)34-2/h6-11,18,24,26H,5,12-17H2,1-4H3,(H,28,33). The molecule has 200 valence electrons. The maximum Gasteiger partial charge on any atom is 0.322 e. The van der Waals surface area contributed by atoms with Crippen LogP contribution in [0.2, 0.25) is 0 Å². The molecule has 0 aromatic heterocycles. The van der Waals surface area contributed by atoms with Crippen molar-refractivity contribution in [3.63, 3.8) is 0 Å². The summed E-state index contributed by atoms with van der Waals surface area (Å²) >= 11 is 1.70. The van der Waals surface area contributed by atoms with Crippen LogP contribution < -0.4 is 19.5 Å². The van der Waals surface area contributed by atoms with Crippen molar-refractivity contribution >= 4 is 29.4 Å². The van der Waals surface area contributed by atoms with Crippen LogP contribution in [0.3, 0.4) is 0 Å². The molecule has 2 aromatic rings. The molecule has 2 heterocycles. The SMILES string of the molecule is CCC1SC(c2ccc(OC)c(OC)c2)N(CCN2CCN(C(=O)Nc3ccccc3OC)CC2)C1=O. The number of thioether (sulfide) groups is 1. The Kier molecular flexibility index (Phi) is 9.04. The van der Waals surface area contributed by atoms with Gasteiger partial charge in [-0.1, -0.05) is 25.1 Å². The van der Waals surface area contributed by atoms with Crippen molar-refractivity contribution in [2.75, 3.05) is 65.9 Å². The minimum absolute atomic E-state index is 0.0476. The van der Waals surface area contributed by atoms with Gasteiger partial charge >= 0.3 is 6.03 Å². The van der Waals surface area contributed by atoms with Crippen molar-refractivity contribution in [1.82, 2.24) is 14.7 Å².